The average molecular weight is 232 g/mol. The minimum absolute atomic E-state index is 0. The summed E-state index contributed by atoms with van der Waals surface area (Å²) in [5, 5.41) is 32.5. The van der Waals surface area contributed by atoms with Gasteiger partial charge in [0.2, 0.25) is 0 Å². The molecule has 0 saturated carbocycles. The molecule has 67 valence electrons. The summed E-state index contributed by atoms with van der Waals surface area (Å²) in [6, 6.07) is 0. The number of carboxylic acids is 2. The van der Waals surface area contributed by atoms with Crippen LogP contribution in [0.1, 0.15) is 0 Å². The molecule has 6 nitrogen and oxygen atoms in total. The number of rotatable bonds is 3. The summed E-state index contributed by atoms with van der Waals surface area (Å²) in [5.74, 6) is -3.54. The van der Waals surface area contributed by atoms with E-state index in [1.165, 1.54) is 0 Å². The van der Waals surface area contributed by atoms with Crippen LogP contribution >= 0.6 is 0 Å². The third-order valence-corrected chi connectivity index (χ3v) is 0.805. The van der Waals surface area contributed by atoms with Crippen molar-refractivity contribution in [2.45, 2.75) is 12.2 Å². The number of carboxylic acid groups (broad SMARTS) is 2. The molecule has 8 heteroatoms. The molecule has 0 aliphatic heterocycles. The van der Waals surface area contributed by atoms with Crippen molar-refractivity contribution in [3.8, 4) is 0 Å². The van der Waals surface area contributed by atoms with E-state index in [0.29, 0.717) is 0 Å². The number of aliphatic hydroxyl groups excluding tert-OH is 2. The van der Waals surface area contributed by atoms with E-state index in [0.717, 1.165) is 0 Å². The molecule has 0 rings (SSSR count). The maximum absolute atomic E-state index is 9.77. The van der Waals surface area contributed by atoms with E-state index in [-0.39, 0.29) is 46.3 Å². The zero-order valence-corrected chi connectivity index (χ0v) is 9.13. The van der Waals surface area contributed by atoms with E-state index in [1.54, 1.807) is 0 Å². The maximum Gasteiger partial charge on any atom is 1.00 e. The van der Waals surface area contributed by atoms with E-state index in [9.17, 15) is 9.59 Å². The van der Waals surface area contributed by atoms with Gasteiger partial charge in [-0.25, -0.2) is 9.59 Å². The van der Waals surface area contributed by atoms with Gasteiger partial charge in [0.1, 0.15) is 0 Å². The summed E-state index contributed by atoms with van der Waals surface area (Å²) in [7, 11) is 0. The number of hydrogen-bond donors (Lipinski definition) is 4. The van der Waals surface area contributed by atoms with Crippen LogP contribution in [-0.2, 0) is 26.4 Å². The fourth-order valence-electron chi connectivity index (χ4n) is 0.270. The van der Waals surface area contributed by atoms with E-state index < -0.39 is 24.1 Å². The van der Waals surface area contributed by atoms with Gasteiger partial charge in [-0.3, -0.25) is 0 Å². The van der Waals surface area contributed by atoms with Crippen LogP contribution in [0.5, 0.6) is 0 Å². The normalized spacial score (nSPS) is 13.2. The van der Waals surface area contributed by atoms with E-state index in [4.69, 9.17) is 20.4 Å². The van der Waals surface area contributed by atoms with Gasteiger partial charge in [-0.2, -0.15) is 0 Å². The number of carbonyl (C=O) groups is 2. The Morgan fingerprint density at radius 2 is 1.08 bits per heavy atom. The molecule has 1 radical (unpaired) electrons. The van der Waals surface area contributed by atoms with Crippen LogP contribution < -0.4 is 29.6 Å². The van der Waals surface area contributed by atoms with Crippen LogP contribution in [0.3, 0.4) is 0 Å². The van der Waals surface area contributed by atoms with Crippen molar-refractivity contribution in [3.63, 3.8) is 0 Å². The largest absolute Gasteiger partial charge is 1.00 e. The van der Waals surface area contributed by atoms with Gasteiger partial charge in [0.05, 0.1) is 0 Å². The number of aliphatic hydroxyl groups is 2. The molecule has 0 spiro atoms. The minimum atomic E-state index is -2.27. The Morgan fingerprint density at radius 1 is 0.917 bits per heavy atom. The second-order valence-corrected chi connectivity index (χ2v) is 1.57. The molecule has 4 N–H and O–H groups in total. The maximum atomic E-state index is 9.77. The SMILES string of the molecule is O=C(O)[C@H](O)[C@@H](O)C(=O)O.[Co].[Na+]. The minimum Gasteiger partial charge on any atom is -0.479 e. The molecule has 0 amide bonds. The Bertz CT molecular complexity index is 144. The van der Waals surface area contributed by atoms with Crippen molar-refractivity contribution in [1.29, 1.82) is 0 Å². The van der Waals surface area contributed by atoms with E-state index in [2.05, 4.69) is 0 Å². The quantitative estimate of drug-likeness (QED) is 0.362. The predicted octanol–water partition coefficient (Wildman–Crippen LogP) is -5.12. The van der Waals surface area contributed by atoms with Crippen LogP contribution in [0, 0.1) is 0 Å². The first-order chi connectivity index (χ1) is 4.46. The van der Waals surface area contributed by atoms with Crippen LogP contribution in [0.15, 0.2) is 0 Å². The van der Waals surface area contributed by atoms with Crippen molar-refractivity contribution in [3.05, 3.63) is 0 Å². The first-order valence-corrected chi connectivity index (χ1v) is 2.28. The first-order valence-electron chi connectivity index (χ1n) is 2.28. The Balaban J connectivity index is -0.000000405. The molecule has 12 heavy (non-hydrogen) atoms. The topological polar surface area (TPSA) is 115 Å². The number of aliphatic carboxylic acids is 2. The van der Waals surface area contributed by atoms with E-state index >= 15 is 0 Å². The molecule has 0 saturated heterocycles. The van der Waals surface area contributed by atoms with Crippen molar-refractivity contribution in [2.24, 2.45) is 0 Å². The smallest absolute Gasteiger partial charge is 0.479 e. The molecule has 0 aliphatic carbocycles. The van der Waals surface area contributed by atoms with Gasteiger partial charge in [0.25, 0.3) is 0 Å². The molecular formula is C4H6CoNaO6+. The van der Waals surface area contributed by atoms with Gasteiger partial charge in [0.15, 0.2) is 12.2 Å². The molecule has 0 aromatic rings. The fourth-order valence-corrected chi connectivity index (χ4v) is 0.270. The van der Waals surface area contributed by atoms with Crippen molar-refractivity contribution in [2.75, 3.05) is 0 Å². The Morgan fingerprint density at radius 3 is 1.17 bits per heavy atom. The van der Waals surface area contributed by atoms with Gasteiger partial charge < -0.3 is 20.4 Å². The van der Waals surface area contributed by atoms with Crippen molar-refractivity contribution in [1.82, 2.24) is 0 Å². The summed E-state index contributed by atoms with van der Waals surface area (Å²) in [5.41, 5.74) is 0. The van der Waals surface area contributed by atoms with Crippen LogP contribution in [-0.4, -0.2) is 44.6 Å². The zero-order valence-electron chi connectivity index (χ0n) is 6.09. The third kappa shape index (κ3) is 5.95. The Labute approximate surface area is 100 Å². The van der Waals surface area contributed by atoms with Gasteiger partial charge in [-0.1, -0.05) is 0 Å². The second kappa shape index (κ2) is 7.99. The molecule has 0 aromatic carbocycles. The van der Waals surface area contributed by atoms with Gasteiger partial charge >= 0.3 is 41.5 Å². The van der Waals surface area contributed by atoms with Crippen molar-refractivity contribution >= 4 is 11.9 Å². The fraction of sp³-hybridized carbons (Fsp3) is 0.500. The van der Waals surface area contributed by atoms with Gasteiger partial charge in [-0.05, 0) is 0 Å². The molecule has 2 atom stereocenters. The van der Waals surface area contributed by atoms with Crippen LogP contribution in [0.4, 0.5) is 0 Å². The zero-order chi connectivity index (χ0) is 8.31. The molecule has 0 bridgehead atoms. The first kappa shape index (κ1) is 18.2. The predicted molar refractivity (Wildman–Crippen MR) is 27.3 cm³/mol. The van der Waals surface area contributed by atoms with Gasteiger partial charge in [-0.15, -0.1) is 0 Å². The number of hydrogen-bond acceptors (Lipinski definition) is 4. The molecule has 0 fully saturated rings. The molecule has 0 aromatic heterocycles. The molecule has 0 aliphatic rings. The molecule has 0 unspecified atom stereocenters. The summed E-state index contributed by atoms with van der Waals surface area (Å²) >= 11 is 0. The standard InChI is InChI=1S/C4H6O6.Co.Na/c5-1(3(7)8)2(6)4(9)10;;/h1-2,5-6H,(H,7,8)(H,9,10);;/q;;+1/t1-,2-;;/m1../s1. The molecule has 0 heterocycles. The summed E-state index contributed by atoms with van der Waals surface area (Å²) in [4.78, 5) is 19.5. The monoisotopic (exact) mass is 232 g/mol. The molecular weight excluding hydrogens is 226 g/mol. The second-order valence-electron chi connectivity index (χ2n) is 1.57. The Hall–Kier alpha value is 0.366. The summed E-state index contributed by atoms with van der Waals surface area (Å²) < 4.78 is 0. The Kier molecular flexibility index (Phi) is 12.1. The average Bonchev–Trinajstić information content (AvgIpc) is 1.84. The van der Waals surface area contributed by atoms with Gasteiger partial charge in [0, 0.05) is 16.8 Å². The summed E-state index contributed by atoms with van der Waals surface area (Å²) in [6.07, 6.45) is -4.53. The van der Waals surface area contributed by atoms with E-state index in [1.807, 2.05) is 0 Å². The summed E-state index contributed by atoms with van der Waals surface area (Å²) in [6.45, 7) is 0. The van der Waals surface area contributed by atoms with Crippen molar-refractivity contribution < 1.29 is 76.4 Å². The third-order valence-electron chi connectivity index (χ3n) is 0.805. The van der Waals surface area contributed by atoms with Crippen LogP contribution in [0.25, 0.3) is 0 Å². The van der Waals surface area contributed by atoms with Crippen LogP contribution in [0.2, 0.25) is 0 Å².